The van der Waals surface area contributed by atoms with Crippen molar-refractivity contribution in [3.8, 4) is 0 Å². The van der Waals surface area contributed by atoms with Gasteiger partial charge in [0.25, 0.3) is 0 Å². The molecule has 0 bridgehead atoms. The molecule has 2 aliphatic rings. The second-order valence-corrected chi connectivity index (χ2v) is 8.41. The fraction of sp³-hybridized carbons (Fsp3) is 0.533. The lowest BCUT2D eigenvalue weighted by Gasteiger charge is -2.14. The van der Waals surface area contributed by atoms with E-state index in [9.17, 15) is 4.79 Å². The molecule has 0 aliphatic heterocycles. The number of anilines is 1. The maximum absolute atomic E-state index is 12.1. The smallest absolute Gasteiger partial charge is 0.230 e. The second-order valence-electron chi connectivity index (χ2n) is 5.53. The summed E-state index contributed by atoms with van der Waals surface area (Å²) in [5.41, 5.74) is 0.880. The first-order chi connectivity index (χ1) is 9.56. The van der Waals surface area contributed by atoms with Gasteiger partial charge in [0, 0.05) is 10.1 Å². The van der Waals surface area contributed by atoms with Crippen molar-refractivity contribution in [2.24, 2.45) is 5.92 Å². The normalized spacial score (nSPS) is 24.6. The summed E-state index contributed by atoms with van der Waals surface area (Å²) in [6.07, 6.45) is 5.70. The third-order valence-electron chi connectivity index (χ3n) is 3.88. The summed E-state index contributed by atoms with van der Waals surface area (Å²) in [4.78, 5) is 13.2. The zero-order valence-corrected chi connectivity index (χ0v) is 13.4. The van der Waals surface area contributed by atoms with Gasteiger partial charge in [-0.15, -0.1) is 35.0 Å². The van der Waals surface area contributed by atoms with Crippen molar-refractivity contribution < 1.29 is 4.79 Å². The Bertz CT molecular complexity index is 514. The minimum atomic E-state index is -0.863. The summed E-state index contributed by atoms with van der Waals surface area (Å²) in [6, 6.07) is 7.97. The third-order valence-corrected chi connectivity index (χ3v) is 6.13. The average molecular weight is 330 g/mol. The summed E-state index contributed by atoms with van der Waals surface area (Å²) in [7, 11) is 0. The van der Waals surface area contributed by atoms with Crippen LogP contribution < -0.4 is 5.32 Å². The molecule has 108 valence electrons. The number of carbonyl (C=O) groups is 1. The largest absolute Gasteiger partial charge is 0.325 e. The van der Waals surface area contributed by atoms with E-state index in [0.717, 1.165) is 10.6 Å². The number of amides is 1. The topological polar surface area (TPSA) is 29.1 Å². The molecule has 2 aliphatic carbocycles. The maximum atomic E-state index is 12.1. The highest BCUT2D eigenvalue weighted by Crippen LogP contribution is 2.53. The van der Waals surface area contributed by atoms with Crippen LogP contribution in [-0.4, -0.2) is 15.5 Å². The van der Waals surface area contributed by atoms with E-state index in [0.29, 0.717) is 11.7 Å². The number of carbonyl (C=O) groups excluding carboxylic acids is 1. The van der Waals surface area contributed by atoms with E-state index in [4.69, 9.17) is 23.2 Å². The molecule has 5 heteroatoms. The van der Waals surface area contributed by atoms with E-state index < -0.39 is 4.33 Å². The van der Waals surface area contributed by atoms with Crippen molar-refractivity contribution in [1.29, 1.82) is 0 Å². The van der Waals surface area contributed by atoms with E-state index >= 15 is 0 Å². The zero-order chi connectivity index (χ0) is 14.2. The summed E-state index contributed by atoms with van der Waals surface area (Å²) in [6.45, 7) is 0. The Labute approximate surface area is 133 Å². The molecule has 0 heterocycles. The van der Waals surface area contributed by atoms with Gasteiger partial charge in [0.15, 0.2) is 0 Å². The molecule has 0 radical (unpaired) electrons. The number of nitrogens with one attached hydrogen (secondary N) is 1. The van der Waals surface area contributed by atoms with Crippen LogP contribution in [0.5, 0.6) is 0 Å². The Balaban J connectivity index is 1.68. The van der Waals surface area contributed by atoms with Crippen LogP contribution in [0.25, 0.3) is 0 Å². The first-order valence-corrected chi connectivity index (χ1v) is 8.64. The van der Waals surface area contributed by atoms with Gasteiger partial charge in [0.1, 0.15) is 4.33 Å². The molecule has 1 aromatic rings. The number of benzene rings is 1. The number of para-hydroxylation sites is 1. The highest BCUT2D eigenvalue weighted by Gasteiger charge is 2.56. The quantitative estimate of drug-likeness (QED) is 0.799. The Morgan fingerprint density at radius 3 is 2.55 bits per heavy atom. The van der Waals surface area contributed by atoms with Crippen molar-refractivity contribution in [2.75, 3.05) is 5.32 Å². The minimum Gasteiger partial charge on any atom is -0.325 e. The van der Waals surface area contributed by atoms with Crippen LogP contribution in [0.4, 0.5) is 5.69 Å². The Morgan fingerprint density at radius 1 is 1.25 bits per heavy atom. The molecule has 1 aromatic carbocycles. The average Bonchev–Trinajstić information content (AvgIpc) is 2.83. The first-order valence-electron chi connectivity index (χ1n) is 7.00. The summed E-state index contributed by atoms with van der Waals surface area (Å²) >= 11 is 13.8. The van der Waals surface area contributed by atoms with Crippen LogP contribution in [0.15, 0.2) is 29.2 Å². The van der Waals surface area contributed by atoms with E-state index in [-0.39, 0.29) is 11.8 Å². The van der Waals surface area contributed by atoms with Gasteiger partial charge in [-0.05, 0) is 31.4 Å². The van der Waals surface area contributed by atoms with E-state index in [2.05, 4.69) is 11.4 Å². The lowest BCUT2D eigenvalue weighted by atomic mass is 10.3. The molecule has 1 unspecified atom stereocenters. The first kappa shape index (κ1) is 14.6. The SMILES string of the molecule is O=C(Nc1ccccc1SC1CCCC1)C1CC1(Cl)Cl. The number of hydrogen-bond acceptors (Lipinski definition) is 2. The molecule has 2 fully saturated rings. The number of halogens is 2. The maximum Gasteiger partial charge on any atom is 0.230 e. The van der Waals surface area contributed by atoms with Gasteiger partial charge in [0.05, 0.1) is 11.6 Å². The monoisotopic (exact) mass is 329 g/mol. The standard InChI is InChI=1S/C15H17Cl2NOS/c16-15(17)9-11(15)14(19)18-12-7-3-4-8-13(12)20-10-5-1-2-6-10/h3-4,7-8,10-11H,1-2,5-6,9H2,(H,18,19). The number of rotatable bonds is 4. The van der Waals surface area contributed by atoms with Crippen molar-refractivity contribution in [3.05, 3.63) is 24.3 Å². The fourth-order valence-electron chi connectivity index (χ4n) is 2.58. The molecule has 0 spiro atoms. The van der Waals surface area contributed by atoms with Gasteiger partial charge in [-0.3, -0.25) is 4.79 Å². The van der Waals surface area contributed by atoms with Gasteiger partial charge in [-0.1, -0.05) is 25.0 Å². The number of hydrogen-bond donors (Lipinski definition) is 1. The second kappa shape index (κ2) is 5.78. The minimum absolute atomic E-state index is 0.0746. The third kappa shape index (κ3) is 3.26. The van der Waals surface area contributed by atoms with Crippen LogP contribution in [-0.2, 0) is 4.79 Å². The molecule has 3 rings (SSSR count). The molecule has 1 atom stereocenters. The molecule has 0 aromatic heterocycles. The van der Waals surface area contributed by atoms with Crippen LogP contribution in [0, 0.1) is 5.92 Å². The van der Waals surface area contributed by atoms with Crippen LogP contribution in [0.3, 0.4) is 0 Å². The summed E-state index contributed by atoms with van der Waals surface area (Å²) < 4.78 is -0.863. The van der Waals surface area contributed by atoms with E-state index in [1.165, 1.54) is 25.7 Å². The van der Waals surface area contributed by atoms with E-state index in [1.54, 1.807) is 0 Å². The lowest BCUT2D eigenvalue weighted by molar-refractivity contribution is -0.117. The van der Waals surface area contributed by atoms with Gasteiger partial charge < -0.3 is 5.32 Å². The van der Waals surface area contributed by atoms with Crippen LogP contribution in [0.2, 0.25) is 0 Å². The lowest BCUT2D eigenvalue weighted by Crippen LogP contribution is -2.17. The molecule has 2 nitrogen and oxygen atoms in total. The van der Waals surface area contributed by atoms with Crippen molar-refractivity contribution in [1.82, 2.24) is 0 Å². The number of alkyl halides is 2. The van der Waals surface area contributed by atoms with E-state index in [1.807, 2.05) is 30.0 Å². The zero-order valence-electron chi connectivity index (χ0n) is 11.1. The Kier molecular flexibility index (Phi) is 4.21. The molecule has 1 N–H and O–H groups in total. The molecule has 2 saturated carbocycles. The highest BCUT2D eigenvalue weighted by atomic mass is 35.5. The molecule has 1 amide bonds. The summed E-state index contributed by atoms with van der Waals surface area (Å²) in [5.74, 6) is -0.357. The molecule has 0 saturated heterocycles. The van der Waals surface area contributed by atoms with Crippen molar-refractivity contribution >= 4 is 46.6 Å². The van der Waals surface area contributed by atoms with Gasteiger partial charge in [-0.2, -0.15) is 0 Å². The van der Waals surface area contributed by atoms with Gasteiger partial charge >= 0.3 is 0 Å². The Hall–Kier alpha value is -0.380. The van der Waals surface area contributed by atoms with Crippen LogP contribution in [0.1, 0.15) is 32.1 Å². The van der Waals surface area contributed by atoms with Gasteiger partial charge in [-0.25, -0.2) is 0 Å². The Morgan fingerprint density at radius 2 is 1.90 bits per heavy atom. The van der Waals surface area contributed by atoms with Crippen LogP contribution >= 0.6 is 35.0 Å². The van der Waals surface area contributed by atoms with Crippen molar-refractivity contribution in [3.63, 3.8) is 0 Å². The molecular formula is C15H17Cl2NOS. The summed E-state index contributed by atoms with van der Waals surface area (Å²) in [5, 5.41) is 3.65. The number of thioether (sulfide) groups is 1. The molecular weight excluding hydrogens is 313 g/mol. The van der Waals surface area contributed by atoms with Gasteiger partial charge in [0.2, 0.25) is 5.91 Å². The van der Waals surface area contributed by atoms with Crippen molar-refractivity contribution in [2.45, 2.75) is 46.6 Å². The predicted molar refractivity (Wildman–Crippen MR) is 85.7 cm³/mol. The predicted octanol–water partition coefficient (Wildman–Crippen LogP) is 4.85. The highest BCUT2D eigenvalue weighted by molar-refractivity contribution is 8.00. The molecule has 20 heavy (non-hydrogen) atoms. The fourth-order valence-corrected chi connectivity index (χ4v) is 4.41.